The first-order chi connectivity index (χ1) is 12.0. The van der Waals surface area contributed by atoms with E-state index in [4.69, 9.17) is 4.42 Å². The number of nitrogens with zero attached hydrogens (tertiary/aromatic N) is 2. The Morgan fingerprint density at radius 2 is 2.24 bits per heavy atom. The Morgan fingerprint density at radius 1 is 1.44 bits per heavy atom. The maximum absolute atomic E-state index is 12.8. The van der Waals surface area contributed by atoms with E-state index in [1.54, 1.807) is 18.2 Å². The number of aromatic amines is 1. The number of hydrogen-bond acceptors (Lipinski definition) is 6. The van der Waals surface area contributed by atoms with Crippen molar-refractivity contribution in [3.05, 3.63) is 29.7 Å². The van der Waals surface area contributed by atoms with Crippen molar-refractivity contribution in [1.82, 2.24) is 20.4 Å². The second-order valence-electron chi connectivity index (χ2n) is 5.66. The zero-order chi connectivity index (χ0) is 18.0. The molecule has 0 radical (unpaired) electrons. The number of furan rings is 1. The van der Waals surface area contributed by atoms with Crippen LogP contribution in [0, 0.1) is 6.92 Å². The van der Waals surface area contributed by atoms with E-state index in [2.05, 4.69) is 20.3 Å². The van der Waals surface area contributed by atoms with Crippen LogP contribution < -0.4 is 5.32 Å². The van der Waals surface area contributed by atoms with E-state index in [0.717, 1.165) is 5.76 Å². The van der Waals surface area contributed by atoms with Crippen LogP contribution in [-0.4, -0.2) is 59.1 Å². The molecular formula is C16H18N4O5. The number of amides is 2. The highest BCUT2D eigenvalue weighted by molar-refractivity contribution is 5.98. The first-order valence-corrected chi connectivity index (χ1v) is 7.77. The van der Waals surface area contributed by atoms with Gasteiger partial charge < -0.3 is 19.4 Å². The number of carbonyl (C=O) groups is 3. The number of aromatic nitrogens is 2. The molecule has 2 N–H and O–H groups in total. The Balaban J connectivity index is 1.81. The van der Waals surface area contributed by atoms with E-state index in [9.17, 15) is 14.4 Å². The standard InChI is InChI=1S/C16H18N4O5/c1-9-3-4-13(25-9)10-7-11(19-18-10)16(23)20-6-5-17-15(22)12(20)8-14(21)24-2/h3-4,7,12H,5-6,8H2,1-2H3,(H,17,22)(H,18,19)/t12-/m0/s1. The minimum Gasteiger partial charge on any atom is -0.469 e. The van der Waals surface area contributed by atoms with E-state index in [-0.39, 0.29) is 24.6 Å². The highest BCUT2D eigenvalue weighted by Gasteiger charge is 2.36. The van der Waals surface area contributed by atoms with Crippen molar-refractivity contribution >= 4 is 17.8 Å². The summed E-state index contributed by atoms with van der Waals surface area (Å²) in [6.45, 7) is 2.42. The third-order valence-corrected chi connectivity index (χ3v) is 3.98. The fourth-order valence-electron chi connectivity index (χ4n) is 2.69. The van der Waals surface area contributed by atoms with Gasteiger partial charge in [0.05, 0.1) is 13.5 Å². The predicted octanol–water partition coefficient (Wildman–Crippen LogP) is 0.482. The van der Waals surface area contributed by atoms with Gasteiger partial charge in [0.2, 0.25) is 5.91 Å². The van der Waals surface area contributed by atoms with Crippen molar-refractivity contribution in [3.63, 3.8) is 0 Å². The van der Waals surface area contributed by atoms with Gasteiger partial charge in [-0.15, -0.1) is 0 Å². The fourth-order valence-corrected chi connectivity index (χ4v) is 2.69. The smallest absolute Gasteiger partial charge is 0.308 e. The monoisotopic (exact) mass is 346 g/mol. The number of nitrogens with one attached hydrogen (secondary N) is 2. The first kappa shape index (κ1) is 16.7. The molecule has 2 aromatic rings. The predicted molar refractivity (Wildman–Crippen MR) is 85.5 cm³/mol. The largest absolute Gasteiger partial charge is 0.469 e. The number of aryl methyl sites for hydroxylation is 1. The Kier molecular flexibility index (Phi) is 4.55. The van der Waals surface area contributed by atoms with Crippen LogP contribution in [0.3, 0.4) is 0 Å². The van der Waals surface area contributed by atoms with Gasteiger partial charge in [0.1, 0.15) is 17.5 Å². The summed E-state index contributed by atoms with van der Waals surface area (Å²) in [6, 6.07) is 4.21. The third kappa shape index (κ3) is 3.39. The highest BCUT2D eigenvalue weighted by atomic mass is 16.5. The maximum Gasteiger partial charge on any atom is 0.308 e. The maximum atomic E-state index is 12.8. The molecule has 1 fully saturated rings. The minimum atomic E-state index is -0.917. The number of methoxy groups -OCH3 is 1. The van der Waals surface area contributed by atoms with Crippen LogP contribution in [0.2, 0.25) is 0 Å². The number of carbonyl (C=O) groups excluding carboxylic acids is 3. The summed E-state index contributed by atoms with van der Waals surface area (Å²) in [5, 5.41) is 9.41. The molecule has 0 unspecified atom stereocenters. The van der Waals surface area contributed by atoms with Gasteiger partial charge >= 0.3 is 5.97 Å². The molecule has 3 rings (SSSR count). The van der Waals surface area contributed by atoms with E-state index >= 15 is 0 Å². The second-order valence-corrected chi connectivity index (χ2v) is 5.66. The summed E-state index contributed by atoms with van der Waals surface area (Å²) in [5.41, 5.74) is 0.705. The van der Waals surface area contributed by atoms with Crippen LogP contribution >= 0.6 is 0 Å². The molecule has 25 heavy (non-hydrogen) atoms. The molecule has 1 aliphatic rings. The van der Waals surface area contributed by atoms with Crippen molar-refractivity contribution in [3.8, 4) is 11.5 Å². The number of piperazine rings is 1. The molecule has 3 heterocycles. The quantitative estimate of drug-likeness (QED) is 0.778. The molecule has 1 atom stereocenters. The average Bonchev–Trinajstić information content (AvgIpc) is 3.24. The van der Waals surface area contributed by atoms with Crippen LogP contribution in [0.4, 0.5) is 0 Å². The summed E-state index contributed by atoms with van der Waals surface area (Å²) in [4.78, 5) is 37.7. The van der Waals surface area contributed by atoms with Gasteiger partial charge in [-0.05, 0) is 19.1 Å². The molecule has 0 aliphatic carbocycles. The number of hydrogen-bond donors (Lipinski definition) is 2. The zero-order valence-corrected chi connectivity index (χ0v) is 13.9. The molecule has 0 spiro atoms. The van der Waals surface area contributed by atoms with Gasteiger partial charge in [0, 0.05) is 19.2 Å². The van der Waals surface area contributed by atoms with E-state index in [0.29, 0.717) is 18.0 Å². The van der Waals surface area contributed by atoms with Gasteiger partial charge in [0.25, 0.3) is 5.91 Å². The summed E-state index contributed by atoms with van der Waals surface area (Å²) in [5.74, 6) is -0.0829. The normalized spacial score (nSPS) is 17.3. The lowest BCUT2D eigenvalue weighted by molar-refractivity contribution is -0.145. The van der Waals surface area contributed by atoms with Crippen molar-refractivity contribution in [1.29, 1.82) is 0 Å². The zero-order valence-electron chi connectivity index (χ0n) is 13.9. The minimum absolute atomic E-state index is 0.147. The Hall–Kier alpha value is -3.10. The molecule has 0 saturated carbocycles. The van der Waals surface area contributed by atoms with Crippen LogP contribution in [-0.2, 0) is 14.3 Å². The van der Waals surface area contributed by atoms with Gasteiger partial charge in [0.15, 0.2) is 11.5 Å². The number of rotatable bonds is 4. The van der Waals surface area contributed by atoms with Gasteiger partial charge in [-0.3, -0.25) is 19.5 Å². The summed E-state index contributed by atoms with van der Waals surface area (Å²) in [7, 11) is 1.24. The molecular weight excluding hydrogens is 328 g/mol. The van der Waals surface area contributed by atoms with E-state index in [1.807, 2.05) is 6.92 Å². The van der Waals surface area contributed by atoms with Gasteiger partial charge in [-0.2, -0.15) is 5.10 Å². The molecule has 0 bridgehead atoms. The highest BCUT2D eigenvalue weighted by Crippen LogP contribution is 2.22. The number of ether oxygens (including phenoxy) is 1. The third-order valence-electron chi connectivity index (χ3n) is 3.98. The summed E-state index contributed by atoms with van der Waals surface area (Å²) >= 11 is 0. The molecule has 1 aliphatic heterocycles. The topological polar surface area (TPSA) is 118 Å². The average molecular weight is 346 g/mol. The fraction of sp³-hybridized carbons (Fsp3) is 0.375. The Labute approximate surface area is 143 Å². The summed E-state index contributed by atoms with van der Waals surface area (Å²) in [6.07, 6.45) is -0.206. The van der Waals surface area contributed by atoms with Gasteiger partial charge in [-0.25, -0.2) is 0 Å². The van der Waals surface area contributed by atoms with Crippen LogP contribution in [0.15, 0.2) is 22.6 Å². The molecule has 132 valence electrons. The lowest BCUT2D eigenvalue weighted by atomic mass is 10.1. The van der Waals surface area contributed by atoms with E-state index < -0.39 is 17.9 Å². The Morgan fingerprint density at radius 3 is 2.92 bits per heavy atom. The van der Waals surface area contributed by atoms with Crippen molar-refractivity contribution in [2.45, 2.75) is 19.4 Å². The number of H-pyrrole nitrogens is 1. The first-order valence-electron chi connectivity index (χ1n) is 7.77. The van der Waals surface area contributed by atoms with Crippen molar-refractivity contribution in [2.75, 3.05) is 20.2 Å². The molecule has 0 aromatic carbocycles. The number of esters is 1. The second kappa shape index (κ2) is 6.80. The molecule has 2 aromatic heterocycles. The SMILES string of the molecule is COC(=O)C[C@H]1C(=O)NCCN1C(=O)c1cc(-c2ccc(C)o2)[nH]n1. The van der Waals surface area contributed by atoms with Crippen molar-refractivity contribution < 1.29 is 23.5 Å². The van der Waals surface area contributed by atoms with Crippen LogP contribution in [0.1, 0.15) is 22.7 Å². The lowest BCUT2D eigenvalue weighted by Gasteiger charge is -2.33. The van der Waals surface area contributed by atoms with Crippen LogP contribution in [0.25, 0.3) is 11.5 Å². The molecule has 9 heteroatoms. The van der Waals surface area contributed by atoms with Crippen LogP contribution in [0.5, 0.6) is 0 Å². The molecule has 2 amide bonds. The lowest BCUT2D eigenvalue weighted by Crippen LogP contribution is -2.57. The van der Waals surface area contributed by atoms with E-state index in [1.165, 1.54) is 12.0 Å². The van der Waals surface area contributed by atoms with Crippen molar-refractivity contribution in [2.24, 2.45) is 0 Å². The van der Waals surface area contributed by atoms with Gasteiger partial charge in [-0.1, -0.05) is 0 Å². The Bertz CT molecular complexity index is 809. The molecule has 1 saturated heterocycles. The molecule has 9 nitrogen and oxygen atoms in total. The summed E-state index contributed by atoms with van der Waals surface area (Å²) < 4.78 is 10.1.